The first-order chi connectivity index (χ1) is 17.7. The van der Waals surface area contributed by atoms with E-state index in [1.807, 2.05) is 45.0 Å². The molecule has 9 nitrogen and oxygen atoms in total. The van der Waals surface area contributed by atoms with Gasteiger partial charge in [0.05, 0.1) is 5.52 Å². The van der Waals surface area contributed by atoms with E-state index >= 15 is 0 Å². The van der Waals surface area contributed by atoms with Crippen molar-refractivity contribution in [3.8, 4) is 0 Å². The van der Waals surface area contributed by atoms with Crippen molar-refractivity contribution in [1.82, 2.24) is 25.3 Å². The summed E-state index contributed by atoms with van der Waals surface area (Å²) in [5, 5.41) is 11.4. The predicted molar refractivity (Wildman–Crippen MR) is 141 cm³/mol. The topological polar surface area (TPSA) is 110 Å². The van der Waals surface area contributed by atoms with Gasteiger partial charge in [-0.25, -0.2) is 4.68 Å². The SMILES string of the molecule is CCC(C)(C)NC(=O)C(c1ccncc1)N(C(=O)Cn1nnc2ccccc21)c1cccc(C(C)=O)c1. The molecule has 0 saturated carbocycles. The van der Waals surface area contributed by atoms with Gasteiger partial charge in [0.2, 0.25) is 11.8 Å². The fourth-order valence-corrected chi connectivity index (χ4v) is 4.00. The minimum Gasteiger partial charge on any atom is -0.349 e. The van der Waals surface area contributed by atoms with Crippen LogP contribution in [0.25, 0.3) is 11.0 Å². The van der Waals surface area contributed by atoms with E-state index in [0.29, 0.717) is 34.3 Å². The van der Waals surface area contributed by atoms with Crippen LogP contribution in [-0.4, -0.2) is 43.1 Å². The summed E-state index contributed by atoms with van der Waals surface area (Å²) in [7, 11) is 0. The Hall–Kier alpha value is -4.40. The first kappa shape index (κ1) is 25.7. The third-order valence-corrected chi connectivity index (χ3v) is 6.38. The Bertz CT molecular complexity index is 1430. The zero-order valence-corrected chi connectivity index (χ0v) is 21.4. The number of ketones is 1. The molecule has 1 N–H and O–H groups in total. The Balaban J connectivity index is 1.84. The molecule has 2 amide bonds. The number of benzene rings is 2. The predicted octanol–water partition coefficient (Wildman–Crippen LogP) is 4.11. The number of nitrogens with zero attached hydrogens (tertiary/aromatic N) is 5. The molecule has 0 fully saturated rings. The van der Waals surface area contributed by atoms with Gasteiger partial charge in [-0.05, 0) is 69.2 Å². The van der Waals surface area contributed by atoms with E-state index < -0.39 is 11.6 Å². The molecular formula is C28H30N6O3. The minimum absolute atomic E-state index is 0.145. The smallest absolute Gasteiger partial charge is 0.249 e. The van der Waals surface area contributed by atoms with Crippen molar-refractivity contribution in [3.05, 3.63) is 84.2 Å². The van der Waals surface area contributed by atoms with Crippen molar-refractivity contribution in [3.63, 3.8) is 0 Å². The van der Waals surface area contributed by atoms with Crippen LogP contribution in [0.4, 0.5) is 5.69 Å². The molecule has 4 aromatic rings. The molecule has 4 rings (SSSR count). The van der Waals surface area contributed by atoms with Gasteiger partial charge < -0.3 is 5.32 Å². The van der Waals surface area contributed by atoms with Gasteiger partial charge in [0.25, 0.3) is 0 Å². The average Bonchev–Trinajstić information content (AvgIpc) is 3.30. The van der Waals surface area contributed by atoms with Gasteiger partial charge in [0.1, 0.15) is 18.1 Å². The Labute approximate surface area is 215 Å². The number of nitrogens with one attached hydrogen (secondary N) is 1. The number of amides is 2. The molecule has 190 valence electrons. The number of rotatable bonds is 9. The second-order valence-electron chi connectivity index (χ2n) is 9.52. The number of anilines is 1. The van der Waals surface area contributed by atoms with Crippen LogP contribution in [0.5, 0.6) is 0 Å². The first-order valence-electron chi connectivity index (χ1n) is 12.1. The summed E-state index contributed by atoms with van der Waals surface area (Å²) in [5.41, 5.74) is 2.31. The van der Waals surface area contributed by atoms with E-state index in [2.05, 4.69) is 20.6 Å². The number of aromatic nitrogens is 4. The lowest BCUT2D eigenvalue weighted by Gasteiger charge is -2.34. The minimum atomic E-state index is -1.02. The van der Waals surface area contributed by atoms with Crippen molar-refractivity contribution in [2.75, 3.05) is 4.90 Å². The van der Waals surface area contributed by atoms with E-state index in [4.69, 9.17) is 0 Å². The van der Waals surface area contributed by atoms with Gasteiger partial charge in [0, 0.05) is 29.2 Å². The largest absolute Gasteiger partial charge is 0.349 e. The molecule has 0 radical (unpaired) electrons. The summed E-state index contributed by atoms with van der Waals surface area (Å²) in [5.74, 6) is -0.876. The zero-order valence-electron chi connectivity index (χ0n) is 21.4. The fraction of sp³-hybridized carbons (Fsp3) is 0.286. The number of hydrogen-bond donors (Lipinski definition) is 1. The van der Waals surface area contributed by atoms with Crippen molar-refractivity contribution < 1.29 is 14.4 Å². The van der Waals surface area contributed by atoms with Crippen molar-refractivity contribution >= 4 is 34.3 Å². The number of carbonyl (C=O) groups is 3. The van der Waals surface area contributed by atoms with Gasteiger partial charge >= 0.3 is 0 Å². The molecule has 0 saturated heterocycles. The number of Topliss-reactive ketones (excluding diaryl/α,β-unsaturated/α-hetero) is 1. The molecule has 0 aliphatic carbocycles. The molecule has 1 atom stereocenters. The lowest BCUT2D eigenvalue weighted by molar-refractivity contribution is -0.128. The second-order valence-corrected chi connectivity index (χ2v) is 9.52. The highest BCUT2D eigenvalue weighted by Crippen LogP contribution is 2.30. The number of fused-ring (bicyclic) bond motifs is 1. The highest BCUT2D eigenvalue weighted by Gasteiger charge is 2.35. The molecule has 9 heteroatoms. The Morgan fingerprint density at radius 1 is 1.03 bits per heavy atom. The van der Waals surface area contributed by atoms with E-state index in [1.165, 1.54) is 16.5 Å². The number of pyridine rings is 1. The molecule has 2 heterocycles. The molecule has 2 aromatic carbocycles. The van der Waals surface area contributed by atoms with Crippen LogP contribution < -0.4 is 10.2 Å². The van der Waals surface area contributed by atoms with E-state index in [1.54, 1.807) is 48.8 Å². The number of hydrogen-bond acceptors (Lipinski definition) is 6. The van der Waals surface area contributed by atoms with Crippen LogP contribution in [0.1, 0.15) is 56.1 Å². The summed E-state index contributed by atoms with van der Waals surface area (Å²) in [4.78, 5) is 45.6. The van der Waals surface area contributed by atoms with Crippen LogP contribution in [-0.2, 0) is 16.1 Å². The van der Waals surface area contributed by atoms with Gasteiger partial charge in [-0.15, -0.1) is 5.10 Å². The second kappa shape index (κ2) is 10.7. The average molecular weight is 499 g/mol. The maximum Gasteiger partial charge on any atom is 0.249 e. The van der Waals surface area contributed by atoms with Crippen molar-refractivity contribution in [2.45, 2.75) is 52.2 Å². The standard InChI is InChI=1S/C28H30N6O3/c1-5-28(3,4)30-27(37)26(20-13-15-29-16-14-20)34(22-10-8-9-21(17-22)19(2)35)25(36)18-33-24-12-7-6-11-23(24)31-32-33/h6-17,26H,5,18H2,1-4H3,(H,30,37). The monoisotopic (exact) mass is 498 g/mol. The first-order valence-corrected chi connectivity index (χ1v) is 12.1. The molecule has 1 unspecified atom stereocenters. The Kier molecular flexibility index (Phi) is 7.42. The van der Waals surface area contributed by atoms with Crippen molar-refractivity contribution in [2.24, 2.45) is 0 Å². The number of carbonyl (C=O) groups excluding carboxylic acids is 3. The summed E-state index contributed by atoms with van der Waals surface area (Å²) in [6.45, 7) is 7.15. The van der Waals surface area contributed by atoms with E-state index in [9.17, 15) is 14.4 Å². The highest BCUT2D eigenvalue weighted by atomic mass is 16.2. The van der Waals surface area contributed by atoms with Gasteiger partial charge in [-0.3, -0.25) is 24.3 Å². The van der Waals surface area contributed by atoms with Crippen LogP contribution in [0.3, 0.4) is 0 Å². The molecule has 0 aliphatic heterocycles. The third-order valence-electron chi connectivity index (χ3n) is 6.38. The van der Waals surface area contributed by atoms with Crippen LogP contribution in [0.2, 0.25) is 0 Å². The van der Waals surface area contributed by atoms with Gasteiger partial charge in [-0.2, -0.15) is 0 Å². The van der Waals surface area contributed by atoms with E-state index in [-0.39, 0.29) is 24.1 Å². The van der Waals surface area contributed by atoms with Crippen LogP contribution in [0, 0.1) is 0 Å². The molecule has 2 aromatic heterocycles. The van der Waals surface area contributed by atoms with Gasteiger partial charge in [-0.1, -0.05) is 36.4 Å². The summed E-state index contributed by atoms with van der Waals surface area (Å²) in [6, 6.07) is 16.5. The van der Waals surface area contributed by atoms with Crippen LogP contribution in [0.15, 0.2) is 73.1 Å². The van der Waals surface area contributed by atoms with Crippen molar-refractivity contribution in [1.29, 1.82) is 0 Å². The summed E-state index contributed by atoms with van der Waals surface area (Å²) < 4.78 is 1.51. The Morgan fingerprint density at radius 3 is 2.46 bits per heavy atom. The molecular weight excluding hydrogens is 468 g/mol. The fourth-order valence-electron chi connectivity index (χ4n) is 4.00. The lowest BCUT2D eigenvalue weighted by Crippen LogP contribution is -2.51. The van der Waals surface area contributed by atoms with E-state index in [0.717, 1.165) is 0 Å². The van der Waals surface area contributed by atoms with Gasteiger partial charge in [0.15, 0.2) is 5.78 Å². The maximum atomic E-state index is 14.0. The maximum absolute atomic E-state index is 14.0. The highest BCUT2D eigenvalue weighted by molar-refractivity contribution is 6.03. The summed E-state index contributed by atoms with van der Waals surface area (Å²) in [6.07, 6.45) is 3.86. The molecule has 0 spiro atoms. The molecule has 37 heavy (non-hydrogen) atoms. The third kappa shape index (κ3) is 5.72. The van der Waals surface area contributed by atoms with Crippen LogP contribution >= 0.6 is 0 Å². The zero-order chi connectivity index (χ0) is 26.6. The normalized spacial score (nSPS) is 12.2. The molecule has 0 aliphatic rings. The Morgan fingerprint density at radius 2 is 1.76 bits per heavy atom. The lowest BCUT2D eigenvalue weighted by atomic mass is 9.98. The quantitative estimate of drug-likeness (QED) is 0.348. The number of para-hydroxylation sites is 1. The summed E-state index contributed by atoms with van der Waals surface area (Å²) >= 11 is 0. The molecule has 0 bridgehead atoms.